The van der Waals surface area contributed by atoms with Crippen molar-refractivity contribution in [1.82, 2.24) is 19.1 Å². The largest absolute Gasteiger partial charge is 0.325 e. The number of amides is 1. The van der Waals surface area contributed by atoms with Crippen molar-refractivity contribution >= 4 is 33.4 Å². The van der Waals surface area contributed by atoms with Crippen LogP contribution in [0.15, 0.2) is 71.0 Å². The van der Waals surface area contributed by atoms with Crippen molar-refractivity contribution in [3.8, 4) is 5.69 Å². The van der Waals surface area contributed by atoms with E-state index in [1.54, 1.807) is 34.9 Å². The maximum Gasteiger partial charge on any atom is 0.243 e. The number of carbonyl (C=O) groups excluding carboxylic acids is 1. The van der Waals surface area contributed by atoms with Crippen molar-refractivity contribution in [3.05, 3.63) is 60.9 Å². The van der Waals surface area contributed by atoms with Crippen LogP contribution in [0.5, 0.6) is 0 Å². The van der Waals surface area contributed by atoms with E-state index in [4.69, 9.17) is 0 Å². The van der Waals surface area contributed by atoms with E-state index in [-0.39, 0.29) is 16.6 Å². The highest BCUT2D eigenvalue weighted by Crippen LogP contribution is 2.23. The van der Waals surface area contributed by atoms with Gasteiger partial charge in [-0.3, -0.25) is 9.36 Å². The van der Waals surface area contributed by atoms with E-state index >= 15 is 0 Å². The molecule has 10 heteroatoms. The molecule has 1 aliphatic heterocycles. The van der Waals surface area contributed by atoms with Gasteiger partial charge < -0.3 is 5.32 Å². The Morgan fingerprint density at radius 2 is 1.66 bits per heavy atom. The van der Waals surface area contributed by atoms with Gasteiger partial charge in [0.15, 0.2) is 5.16 Å². The van der Waals surface area contributed by atoms with Crippen LogP contribution in [0.1, 0.15) is 25.7 Å². The molecule has 4 rings (SSSR count). The second-order valence-corrected chi connectivity index (χ2v) is 10.4. The van der Waals surface area contributed by atoms with E-state index in [1.165, 1.54) is 11.8 Å². The van der Waals surface area contributed by atoms with Crippen molar-refractivity contribution in [2.45, 2.75) is 35.7 Å². The van der Waals surface area contributed by atoms with E-state index in [1.807, 2.05) is 34.9 Å². The highest BCUT2D eigenvalue weighted by atomic mass is 32.2. The number of para-hydroxylation sites is 1. The lowest BCUT2D eigenvalue weighted by Gasteiger charge is -2.20. The summed E-state index contributed by atoms with van der Waals surface area (Å²) >= 11 is 1.28. The molecule has 0 atom stereocenters. The average molecular weight is 472 g/mol. The van der Waals surface area contributed by atoms with Crippen LogP contribution in [0.3, 0.4) is 0 Å². The number of thioether (sulfide) groups is 1. The van der Waals surface area contributed by atoms with E-state index in [0.717, 1.165) is 31.4 Å². The normalized spacial score (nSPS) is 15.2. The van der Waals surface area contributed by atoms with Crippen molar-refractivity contribution in [2.24, 2.45) is 0 Å². The van der Waals surface area contributed by atoms with Crippen LogP contribution in [0.4, 0.5) is 5.69 Å². The van der Waals surface area contributed by atoms with Gasteiger partial charge in [-0.2, -0.15) is 4.31 Å². The van der Waals surface area contributed by atoms with Gasteiger partial charge in [0, 0.05) is 24.5 Å². The molecule has 32 heavy (non-hydrogen) atoms. The Morgan fingerprint density at radius 3 is 2.34 bits per heavy atom. The zero-order chi connectivity index (χ0) is 22.4. The fourth-order valence-electron chi connectivity index (χ4n) is 3.56. The molecule has 0 bridgehead atoms. The van der Waals surface area contributed by atoms with Crippen molar-refractivity contribution < 1.29 is 13.2 Å². The number of anilines is 1. The fraction of sp³-hybridized carbons (Fsp3) is 0.318. The van der Waals surface area contributed by atoms with Gasteiger partial charge in [0.25, 0.3) is 0 Å². The van der Waals surface area contributed by atoms with E-state index in [2.05, 4.69) is 15.5 Å². The number of carbonyl (C=O) groups is 1. The third-order valence-electron chi connectivity index (χ3n) is 5.22. The first-order valence-electron chi connectivity index (χ1n) is 10.5. The Hall–Kier alpha value is -2.69. The number of benzene rings is 2. The van der Waals surface area contributed by atoms with Crippen LogP contribution in [-0.4, -0.2) is 52.2 Å². The molecule has 1 amide bonds. The molecule has 168 valence electrons. The number of hydrogen-bond acceptors (Lipinski definition) is 6. The zero-order valence-corrected chi connectivity index (χ0v) is 19.2. The van der Waals surface area contributed by atoms with Gasteiger partial charge in [-0.15, -0.1) is 10.2 Å². The van der Waals surface area contributed by atoms with E-state index in [0.29, 0.717) is 23.9 Å². The number of nitrogens with one attached hydrogen (secondary N) is 1. The van der Waals surface area contributed by atoms with Crippen molar-refractivity contribution in [1.29, 1.82) is 0 Å². The Labute approximate surface area is 192 Å². The smallest absolute Gasteiger partial charge is 0.243 e. The van der Waals surface area contributed by atoms with Gasteiger partial charge in [-0.25, -0.2) is 8.42 Å². The Balaban J connectivity index is 1.35. The molecule has 1 saturated heterocycles. The molecular weight excluding hydrogens is 446 g/mol. The molecule has 0 unspecified atom stereocenters. The number of sulfonamides is 1. The summed E-state index contributed by atoms with van der Waals surface area (Å²) in [7, 11) is -3.50. The van der Waals surface area contributed by atoms with Crippen LogP contribution in [0, 0.1) is 0 Å². The standard InChI is InChI=1S/C22H25N5O3S2/c28-21(16-31-22-25-23-17-27(22)19-8-4-3-5-9-19)24-18-10-12-20(13-11-18)32(29,30)26-14-6-1-2-7-15-26/h3-5,8-13,17H,1-2,6-7,14-16H2,(H,24,28). The van der Waals surface area contributed by atoms with Crippen molar-refractivity contribution in [3.63, 3.8) is 0 Å². The van der Waals surface area contributed by atoms with E-state index in [9.17, 15) is 13.2 Å². The maximum atomic E-state index is 12.9. The first kappa shape index (κ1) is 22.5. The summed E-state index contributed by atoms with van der Waals surface area (Å²) in [5.74, 6) is -0.0555. The lowest BCUT2D eigenvalue weighted by molar-refractivity contribution is -0.113. The topological polar surface area (TPSA) is 97.2 Å². The van der Waals surface area contributed by atoms with Crippen LogP contribution < -0.4 is 5.32 Å². The van der Waals surface area contributed by atoms with Crippen LogP contribution in [-0.2, 0) is 14.8 Å². The molecule has 0 saturated carbocycles. The quantitative estimate of drug-likeness (QED) is 0.529. The summed E-state index contributed by atoms with van der Waals surface area (Å²) < 4.78 is 29.1. The van der Waals surface area contributed by atoms with Crippen LogP contribution in [0.2, 0.25) is 0 Å². The summed E-state index contributed by atoms with van der Waals surface area (Å²) in [6.07, 6.45) is 5.53. The second-order valence-electron chi connectivity index (χ2n) is 7.50. The number of aromatic nitrogens is 3. The first-order chi connectivity index (χ1) is 15.5. The minimum Gasteiger partial charge on any atom is -0.325 e. The lowest BCUT2D eigenvalue weighted by Crippen LogP contribution is -2.31. The molecule has 2 heterocycles. The minimum absolute atomic E-state index is 0.152. The van der Waals surface area contributed by atoms with E-state index < -0.39 is 10.0 Å². The molecule has 1 aromatic heterocycles. The molecule has 0 aliphatic carbocycles. The molecule has 8 nitrogen and oxygen atoms in total. The van der Waals surface area contributed by atoms with Gasteiger partial charge in [0.2, 0.25) is 15.9 Å². The summed E-state index contributed by atoms with van der Waals surface area (Å²) in [6, 6.07) is 16.0. The predicted octanol–water partition coefficient (Wildman–Crippen LogP) is 3.56. The van der Waals surface area contributed by atoms with Gasteiger partial charge in [-0.1, -0.05) is 42.8 Å². The van der Waals surface area contributed by atoms with Gasteiger partial charge >= 0.3 is 0 Å². The predicted molar refractivity (Wildman–Crippen MR) is 124 cm³/mol. The van der Waals surface area contributed by atoms with Crippen LogP contribution >= 0.6 is 11.8 Å². The summed E-state index contributed by atoms with van der Waals surface area (Å²) in [5.41, 5.74) is 1.47. The summed E-state index contributed by atoms with van der Waals surface area (Å²) in [6.45, 7) is 1.12. The number of hydrogen-bond donors (Lipinski definition) is 1. The van der Waals surface area contributed by atoms with Crippen molar-refractivity contribution in [2.75, 3.05) is 24.2 Å². The van der Waals surface area contributed by atoms with Gasteiger partial charge in [0.05, 0.1) is 10.6 Å². The number of rotatable bonds is 7. The zero-order valence-electron chi connectivity index (χ0n) is 17.6. The van der Waals surface area contributed by atoms with Crippen LogP contribution in [0.25, 0.3) is 5.69 Å². The molecule has 1 fully saturated rings. The number of nitrogens with zero attached hydrogens (tertiary/aromatic N) is 4. The monoisotopic (exact) mass is 471 g/mol. The molecule has 1 aliphatic rings. The first-order valence-corrected chi connectivity index (χ1v) is 12.9. The lowest BCUT2D eigenvalue weighted by atomic mass is 10.2. The molecule has 1 N–H and O–H groups in total. The summed E-state index contributed by atoms with van der Waals surface area (Å²) in [5, 5.41) is 11.4. The highest BCUT2D eigenvalue weighted by Gasteiger charge is 2.25. The Kier molecular flexibility index (Phi) is 7.23. The maximum absolute atomic E-state index is 12.9. The SMILES string of the molecule is O=C(CSc1nncn1-c1ccccc1)Nc1ccc(S(=O)(=O)N2CCCCCC2)cc1. The third-order valence-corrected chi connectivity index (χ3v) is 8.08. The molecule has 0 radical (unpaired) electrons. The average Bonchev–Trinajstić information content (AvgIpc) is 3.10. The molecule has 2 aromatic carbocycles. The van der Waals surface area contributed by atoms with Gasteiger partial charge in [0.1, 0.15) is 6.33 Å². The minimum atomic E-state index is -3.50. The summed E-state index contributed by atoms with van der Waals surface area (Å²) in [4.78, 5) is 12.7. The Morgan fingerprint density at radius 1 is 0.969 bits per heavy atom. The van der Waals surface area contributed by atoms with Gasteiger partial charge in [-0.05, 0) is 49.2 Å². The third kappa shape index (κ3) is 5.37. The fourth-order valence-corrected chi connectivity index (χ4v) is 5.80. The second kappa shape index (κ2) is 10.3. The highest BCUT2D eigenvalue weighted by molar-refractivity contribution is 7.99. The Bertz CT molecular complexity index is 1140. The molecule has 3 aromatic rings. The molecule has 0 spiro atoms. The molecular formula is C22H25N5O3S2.